The van der Waals surface area contributed by atoms with Gasteiger partial charge in [0.1, 0.15) is 11.4 Å². The minimum Gasteiger partial charge on any atom is -0.426 e. The van der Waals surface area contributed by atoms with Gasteiger partial charge in [-0.15, -0.1) is 0 Å². The van der Waals surface area contributed by atoms with Gasteiger partial charge in [0.05, 0.1) is 23.4 Å². The number of hydroxylamine groups is 1. The third kappa shape index (κ3) is 5.36. The number of Topliss-reactive ketones (excluding diaryl/α,β-unsaturated/α-hetero) is 1. The van der Waals surface area contributed by atoms with E-state index >= 15 is 0 Å². The normalized spacial score (nSPS) is 16.8. The van der Waals surface area contributed by atoms with Crippen molar-refractivity contribution in [3.8, 4) is 17.1 Å². The molecule has 0 saturated carbocycles. The summed E-state index contributed by atoms with van der Waals surface area (Å²) in [5.41, 5.74) is 6.14. The summed E-state index contributed by atoms with van der Waals surface area (Å²) in [6, 6.07) is 14.4. The number of aliphatic hydroxyl groups is 1. The van der Waals surface area contributed by atoms with Crippen LogP contribution in [0.15, 0.2) is 59.4 Å². The average molecular weight is 608 g/mol. The van der Waals surface area contributed by atoms with Crippen LogP contribution in [0.1, 0.15) is 66.5 Å². The Labute approximate surface area is 259 Å². The standard InChI is InChI=1S/C35H33N3O7/c1-3-23-25-17-22(45-32(41)16-10-21-7-5-20(6-8-21)9-15-31(40)37-44)11-13-28(25)36-33-26(23)19-38-29(33)18-27-24(34(38)42)12-14-30(39)35(27,43)4-2/h5-9,11,13,15,17-18,43-44H,3-4,10,12,14,16,19H2,1-2H3,(H,37,40)/b15-9+/t35-/m0/s1. The van der Waals surface area contributed by atoms with Crippen molar-refractivity contribution in [2.75, 3.05) is 0 Å². The number of hydrogen-bond donors (Lipinski definition) is 3. The van der Waals surface area contributed by atoms with E-state index < -0.39 is 11.5 Å². The van der Waals surface area contributed by atoms with E-state index in [1.807, 2.05) is 37.3 Å². The summed E-state index contributed by atoms with van der Waals surface area (Å²) in [5, 5.41) is 20.7. The number of aromatic nitrogens is 2. The van der Waals surface area contributed by atoms with Crippen molar-refractivity contribution in [3.05, 3.63) is 98.3 Å². The van der Waals surface area contributed by atoms with Crippen molar-refractivity contribution < 1.29 is 29.4 Å². The van der Waals surface area contributed by atoms with Gasteiger partial charge in [0.25, 0.3) is 11.5 Å². The minimum atomic E-state index is -1.67. The maximum Gasteiger partial charge on any atom is 0.311 e. The Hall–Kier alpha value is -4.93. The lowest BCUT2D eigenvalue weighted by molar-refractivity contribution is -0.140. The van der Waals surface area contributed by atoms with Crippen LogP contribution in [0.3, 0.4) is 0 Å². The van der Waals surface area contributed by atoms with Gasteiger partial charge in [-0.05, 0) is 72.7 Å². The number of esters is 1. The number of hydrogen-bond acceptors (Lipinski definition) is 8. The lowest BCUT2D eigenvalue weighted by atomic mass is 9.77. The molecule has 10 nitrogen and oxygen atoms in total. The number of rotatable bonds is 8. The van der Waals surface area contributed by atoms with E-state index in [4.69, 9.17) is 14.9 Å². The lowest BCUT2D eigenvalue weighted by Gasteiger charge is -2.32. The summed E-state index contributed by atoms with van der Waals surface area (Å²) in [6.07, 6.45) is 4.72. The van der Waals surface area contributed by atoms with Gasteiger partial charge in [0.2, 0.25) is 0 Å². The highest BCUT2D eigenvalue weighted by molar-refractivity contribution is 5.93. The zero-order valence-electron chi connectivity index (χ0n) is 25.1. The molecule has 4 aromatic rings. The average Bonchev–Trinajstić information content (AvgIpc) is 3.42. The third-order valence-corrected chi connectivity index (χ3v) is 8.88. The van der Waals surface area contributed by atoms with Gasteiger partial charge in [0.15, 0.2) is 5.78 Å². The smallest absolute Gasteiger partial charge is 0.311 e. The van der Waals surface area contributed by atoms with E-state index in [9.17, 15) is 24.3 Å². The number of nitrogens with zero attached hydrogens (tertiary/aromatic N) is 2. The number of amides is 1. The van der Waals surface area contributed by atoms with Crippen molar-refractivity contribution >= 4 is 34.6 Å². The number of pyridine rings is 2. The number of ether oxygens (including phenoxy) is 1. The summed E-state index contributed by atoms with van der Waals surface area (Å²) in [5.74, 6) is -0.862. The first-order chi connectivity index (χ1) is 21.7. The highest BCUT2D eigenvalue weighted by Crippen LogP contribution is 2.41. The molecule has 2 aliphatic rings. The van der Waals surface area contributed by atoms with Crippen molar-refractivity contribution in [1.82, 2.24) is 15.0 Å². The second-order valence-corrected chi connectivity index (χ2v) is 11.4. The molecule has 1 amide bonds. The number of carbonyl (C=O) groups is 3. The van der Waals surface area contributed by atoms with Gasteiger partial charge in [0, 0.05) is 41.0 Å². The van der Waals surface area contributed by atoms with Gasteiger partial charge < -0.3 is 14.4 Å². The zero-order valence-corrected chi connectivity index (χ0v) is 25.1. The van der Waals surface area contributed by atoms with Crippen LogP contribution in [-0.2, 0) is 45.8 Å². The number of carbonyl (C=O) groups excluding carboxylic acids is 3. The van der Waals surface area contributed by atoms with Crippen LogP contribution in [0.4, 0.5) is 0 Å². The molecular weight excluding hydrogens is 574 g/mol. The van der Waals surface area contributed by atoms with Crippen LogP contribution in [0.2, 0.25) is 0 Å². The molecule has 0 spiro atoms. The Morgan fingerprint density at radius 2 is 1.84 bits per heavy atom. The SMILES string of the molecule is CCc1c2c(nc3ccc(OC(=O)CCc4ccc(/C=C/C(=O)NO)cc4)cc13)-c1cc3c(c(=O)n1C2)CCC(=O)[C@]3(O)CC. The molecule has 0 bridgehead atoms. The molecule has 3 heterocycles. The van der Waals surface area contributed by atoms with Crippen molar-refractivity contribution in [2.45, 2.75) is 64.5 Å². The van der Waals surface area contributed by atoms with E-state index in [2.05, 4.69) is 0 Å². The molecule has 0 saturated heterocycles. The lowest BCUT2D eigenvalue weighted by Crippen LogP contribution is -2.43. The maximum absolute atomic E-state index is 13.6. The molecule has 1 aliphatic carbocycles. The van der Waals surface area contributed by atoms with Crippen LogP contribution in [0.5, 0.6) is 5.75 Å². The monoisotopic (exact) mass is 607 g/mol. The summed E-state index contributed by atoms with van der Waals surface area (Å²) >= 11 is 0. The van der Waals surface area contributed by atoms with E-state index in [0.717, 1.165) is 27.6 Å². The van der Waals surface area contributed by atoms with Crippen molar-refractivity contribution in [2.24, 2.45) is 0 Å². The second-order valence-electron chi connectivity index (χ2n) is 11.4. The van der Waals surface area contributed by atoms with Crippen LogP contribution in [0, 0.1) is 0 Å². The Morgan fingerprint density at radius 3 is 2.56 bits per heavy atom. The molecule has 2 aromatic heterocycles. The Balaban J connectivity index is 1.24. The van der Waals surface area contributed by atoms with Crippen LogP contribution in [-0.4, -0.2) is 37.5 Å². The van der Waals surface area contributed by atoms with Crippen LogP contribution >= 0.6 is 0 Å². The first-order valence-corrected chi connectivity index (χ1v) is 15.1. The molecule has 0 unspecified atom stereocenters. The predicted octanol–water partition coefficient (Wildman–Crippen LogP) is 4.16. The number of aryl methyl sites for hydroxylation is 2. The number of nitrogens with one attached hydrogen (secondary N) is 1. The Bertz CT molecular complexity index is 1960. The maximum atomic E-state index is 13.6. The van der Waals surface area contributed by atoms with Gasteiger partial charge in [-0.2, -0.15) is 0 Å². The fraction of sp³-hybridized carbons (Fsp3) is 0.286. The molecule has 230 valence electrons. The fourth-order valence-electron chi connectivity index (χ4n) is 6.43. The fourth-order valence-corrected chi connectivity index (χ4v) is 6.43. The number of ketones is 1. The quantitative estimate of drug-likeness (QED) is 0.0783. The van der Waals surface area contributed by atoms with E-state index in [-0.39, 0.29) is 36.6 Å². The molecule has 2 aromatic carbocycles. The van der Waals surface area contributed by atoms with Crippen molar-refractivity contribution in [1.29, 1.82) is 0 Å². The Morgan fingerprint density at radius 1 is 1.07 bits per heavy atom. The molecule has 1 aliphatic heterocycles. The number of fused-ring (bicyclic) bond motifs is 5. The zero-order chi connectivity index (χ0) is 31.9. The highest BCUT2D eigenvalue weighted by Gasteiger charge is 2.43. The molecule has 0 radical (unpaired) electrons. The Kier molecular flexibility index (Phi) is 7.94. The molecule has 0 fully saturated rings. The van der Waals surface area contributed by atoms with Crippen LogP contribution in [0.25, 0.3) is 28.4 Å². The largest absolute Gasteiger partial charge is 0.426 e. The summed E-state index contributed by atoms with van der Waals surface area (Å²) in [7, 11) is 0. The molecular formula is C35H33N3O7. The third-order valence-electron chi connectivity index (χ3n) is 8.88. The first-order valence-electron chi connectivity index (χ1n) is 15.1. The highest BCUT2D eigenvalue weighted by atomic mass is 16.5. The van der Waals surface area contributed by atoms with Gasteiger partial charge >= 0.3 is 5.97 Å². The summed E-state index contributed by atoms with van der Waals surface area (Å²) in [6.45, 7) is 4.12. The van der Waals surface area contributed by atoms with E-state index in [0.29, 0.717) is 59.6 Å². The molecule has 10 heteroatoms. The topological polar surface area (TPSA) is 148 Å². The first kappa shape index (κ1) is 30.1. The summed E-state index contributed by atoms with van der Waals surface area (Å²) in [4.78, 5) is 55.1. The van der Waals surface area contributed by atoms with Crippen molar-refractivity contribution in [3.63, 3.8) is 0 Å². The number of benzene rings is 2. The van der Waals surface area contributed by atoms with E-state index in [1.165, 1.54) is 11.6 Å². The second kappa shape index (κ2) is 11.9. The van der Waals surface area contributed by atoms with Gasteiger partial charge in [-0.1, -0.05) is 38.1 Å². The van der Waals surface area contributed by atoms with E-state index in [1.54, 1.807) is 35.8 Å². The minimum absolute atomic E-state index is 0.139. The molecule has 3 N–H and O–H groups in total. The molecule has 1 atom stereocenters. The predicted molar refractivity (Wildman–Crippen MR) is 167 cm³/mol. The van der Waals surface area contributed by atoms with Gasteiger partial charge in [-0.25, -0.2) is 10.5 Å². The summed E-state index contributed by atoms with van der Waals surface area (Å²) < 4.78 is 7.39. The molecule has 6 rings (SSSR count). The van der Waals surface area contributed by atoms with Crippen LogP contribution < -0.4 is 15.8 Å². The van der Waals surface area contributed by atoms with Gasteiger partial charge in [-0.3, -0.25) is 24.4 Å². The molecule has 45 heavy (non-hydrogen) atoms.